The van der Waals surface area contributed by atoms with Gasteiger partial charge >= 0.3 is 0 Å². The molecule has 0 aliphatic carbocycles. The summed E-state index contributed by atoms with van der Waals surface area (Å²) < 4.78 is 13.7. The fourth-order valence-electron chi connectivity index (χ4n) is 2.21. The molecule has 1 amide bonds. The number of benzene rings is 1. The van der Waals surface area contributed by atoms with Crippen molar-refractivity contribution >= 4 is 17.7 Å². The lowest BCUT2D eigenvalue weighted by molar-refractivity contribution is 0.1000. The Morgan fingerprint density at radius 3 is 2.79 bits per heavy atom. The standard InChI is InChI=1S/C14H19FN2OS/c15-13-7-11(14(16)18)1-2-12(13)9-17-8-10-3-5-19-6-4-10/h1-2,7,10,17H,3-6,8-9H2,(H2,16,18). The van der Waals surface area contributed by atoms with Gasteiger partial charge in [-0.15, -0.1) is 0 Å². The number of thioether (sulfide) groups is 1. The Kier molecular flexibility index (Phi) is 5.22. The Balaban J connectivity index is 1.83. The van der Waals surface area contributed by atoms with E-state index in [0.717, 1.165) is 6.54 Å². The van der Waals surface area contributed by atoms with Gasteiger partial charge in [0.05, 0.1) is 0 Å². The Bertz CT molecular complexity index is 447. The van der Waals surface area contributed by atoms with Gasteiger partial charge < -0.3 is 11.1 Å². The Hall–Kier alpha value is -1.07. The summed E-state index contributed by atoms with van der Waals surface area (Å²) in [6.45, 7) is 1.42. The van der Waals surface area contributed by atoms with Gasteiger partial charge in [-0.1, -0.05) is 6.07 Å². The zero-order chi connectivity index (χ0) is 13.7. The first-order valence-electron chi connectivity index (χ1n) is 6.53. The van der Waals surface area contributed by atoms with Crippen molar-refractivity contribution in [2.75, 3.05) is 18.1 Å². The van der Waals surface area contributed by atoms with Crippen LogP contribution < -0.4 is 11.1 Å². The van der Waals surface area contributed by atoms with E-state index >= 15 is 0 Å². The Labute approximate surface area is 117 Å². The lowest BCUT2D eigenvalue weighted by Crippen LogP contribution is -2.25. The molecule has 5 heteroatoms. The third-order valence-corrected chi connectivity index (χ3v) is 4.48. The van der Waals surface area contributed by atoms with E-state index in [9.17, 15) is 9.18 Å². The maximum Gasteiger partial charge on any atom is 0.248 e. The molecule has 0 spiro atoms. The SMILES string of the molecule is NC(=O)c1ccc(CNCC2CCSCC2)c(F)c1. The summed E-state index contributed by atoms with van der Waals surface area (Å²) in [6.07, 6.45) is 2.47. The minimum atomic E-state index is -0.599. The molecule has 1 fully saturated rings. The molecule has 1 aliphatic rings. The van der Waals surface area contributed by atoms with E-state index in [-0.39, 0.29) is 11.4 Å². The van der Waals surface area contributed by atoms with Crippen molar-refractivity contribution in [3.8, 4) is 0 Å². The number of primary amides is 1. The fourth-order valence-corrected chi connectivity index (χ4v) is 3.41. The van der Waals surface area contributed by atoms with E-state index in [0.29, 0.717) is 18.0 Å². The summed E-state index contributed by atoms with van der Waals surface area (Å²) in [5, 5.41) is 3.30. The second-order valence-electron chi connectivity index (χ2n) is 4.86. The van der Waals surface area contributed by atoms with Crippen LogP contribution in [0.2, 0.25) is 0 Å². The van der Waals surface area contributed by atoms with E-state index in [1.807, 2.05) is 11.8 Å². The normalized spacial score (nSPS) is 16.5. The third kappa shape index (κ3) is 4.21. The average molecular weight is 282 g/mol. The molecule has 1 aromatic carbocycles. The van der Waals surface area contributed by atoms with Crippen molar-refractivity contribution in [1.82, 2.24) is 5.32 Å². The van der Waals surface area contributed by atoms with Gasteiger partial charge in [-0.05, 0) is 48.9 Å². The van der Waals surface area contributed by atoms with Gasteiger partial charge in [-0.3, -0.25) is 4.79 Å². The molecule has 104 valence electrons. The van der Waals surface area contributed by atoms with E-state index in [4.69, 9.17) is 5.73 Å². The van der Waals surface area contributed by atoms with Crippen molar-refractivity contribution in [2.45, 2.75) is 19.4 Å². The molecule has 0 bridgehead atoms. The molecule has 0 atom stereocenters. The quantitative estimate of drug-likeness (QED) is 0.870. The predicted molar refractivity (Wildman–Crippen MR) is 76.7 cm³/mol. The molecule has 3 N–H and O–H groups in total. The summed E-state index contributed by atoms with van der Waals surface area (Å²) in [5.41, 5.74) is 5.90. The predicted octanol–water partition coefficient (Wildman–Crippen LogP) is 2.16. The molecule has 3 nitrogen and oxygen atoms in total. The molecule has 1 aromatic rings. The Morgan fingerprint density at radius 1 is 1.42 bits per heavy atom. The topological polar surface area (TPSA) is 55.1 Å². The summed E-state index contributed by atoms with van der Waals surface area (Å²) in [7, 11) is 0. The first-order chi connectivity index (χ1) is 9.16. The third-order valence-electron chi connectivity index (χ3n) is 3.43. The number of hydrogen-bond acceptors (Lipinski definition) is 3. The molecule has 2 rings (SSSR count). The van der Waals surface area contributed by atoms with Crippen LogP contribution in [0.25, 0.3) is 0 Å². The van der Waals surface area contributed by atoms with Gasteiger partial charge in [0.25, 0.3) is 0 Å². The molecule has 0 radical (unpaired) electrons. The molecule has 0 unspecified atom stereocenters. The minimum absolute atomic E-state index is 0.213. The van der Waals surface area contributed by atoms with Crippen LogP contribution in [-0.2, 0) is 6.54 Å². The number of amides is 1. The highest BCUT2D eigenvalue weighted by molar-refractivity contribution is 7.99. The molecule has 1 heterocycles. The molecule has 19 heavy (non-hydrogen) atoms. The number of nitrogens with one attached hydrogen (secondary N) is 1. The van der Waals surface area contributed by atoms with E-state index in [1.54, 1.807) is 12.1 Å². The number of hydrogen-bond donors (Lipinski definition) is 2. The fraction of sp³-hybridized carbons (Fsp3) is 0.500. The number of rotatable bonds is 5. The van der Waals surface area contributed by atoms with Crippen LogP contribution in [0, 0.1) is 11.7 Å². The zero-order valence-corrected chi connectivity index (χ0v) is 11.6. The molecule has 0 saturated carbocycles. The van der Waals surface area contributed by atoms with Crippen molar-refractivity contribution < 1.29 is 9.18 Å². The Morgan fingerprint density at radius 2 is 2.16 bits per heavy atom. The van der Waals surface area contributed by atoms with Crippen LogP contribution in [0.1, 0.15) is 28.8 Å². The maximum atomic E-state index is 13.7. The number of halogens is 1. The smallest absolute Gasteiger partial charge is 0.248 e. The summed E-state index contributed by atoms with van der Waals surface area (Å²) in [6, 6.07) is 4.40. The monoisotopic (exact) mass is 282 g/mol. The summed E-state index contributed by atoms with van der Waals surface area (Å²) in [5.74, 6) is 2.19. The van der Waals surface area contributed by atoms with Crippen LogP contribution >= 0.6 is 11.8 Å². The average Bonchev–Trinajstić information content (AvgIpc) is 2.41. The number of carbonyl (C=O) groups is 1. The van der Waals surface area contributed by atoms with Crippen molar-refractivity contribution in [1.29, 1.82) is 0 Å². The highest BCUT2D eigenvalue weighted by Gasteiger charge is 2.13. The molecular weight excluding hydrogens is 263 g/mol. The highest BCUT2D eigenvalue weighted by atomic mass is 32.2. The molecular formula is C14H19FN2OS. The lowest BCUT2D eigenvalue weighted by atomic mass is 10.0. The van der Waals surface area contributed by atoms with Crippen molar-refractivity contribution in [3.63, 3.8) is 0 Å². The van der Waals surface area contributed by atoms with Crippen LogP contribution in [0.3, 0.4) is 0 Å². The van der Waals surface area contributed by atoms with Crippen molar-refractivity contribution in [3.05, 3.63) is 35.1 Å². The van der Waals surface area contributed by atoms with Gasteiger partial charge in [0.2, 0.25) is 5.91 Å². The number of nitrogens with two attached hydrogens (primary N) is 1. The maximum absolute atomic E-state index is 13.7. The van der Waals surface area contributed by atoms with E-state index in [2.05, 4.69) is 5.32 Å². The zero-order valence-electron chi connectivity index (χ0n) is 10.8. The molecule has 1 saturated heterocycles. The highest BCUT2D eigenvalue weighted by Crippen LogP contribution is 2.22. The number of carbonyl (C=O) groups excluding carboxylic acids is 1. The van der Waals surface area contributed by atoms with E-state index < -0.39 is 5.91 Å². The van der Waals surface area contributed by atoms with Gasteiger partial charge in [0.1, 0.15) is 5.82 Å². The van der Waals surface area contributed by atoms with Gasteiger partial charge in [-0.2, -0.15) is 11.8 Å². The van der Waals surface area contributed by atoms with Gasteiger partial charge in [-0.25, -0.2) is 4.39 Å². The van der Waals surface area contributed by atoms with Crippen molar-refractivity contribution in [2.24, 2.45) is 11.7 Å². The largest absolute Gasteiger partial charge is 0.366 e. The van der Waals surface area contributed by atoms with Crippen LogP contribution in [0.4, 0.5) is 4.39 Å². The summed E-state index contributed by atoms with van der Waals surface area (Å²) in [4.78, 5) is 10.9. The second kappa shape index (κ2) is 6.91. The second-order valence-corrected chi connectivity index (χ2v) is 6.08. The molecule has 0 aromatic heterocycles. The minimum Gasteiger partial charge on any atom is -0.366 e. The summed E-state index contributed by atoms with van der Waals surface area (Å²) >= 11 is 2.00. The first kappa shape index (κ1) is 14.3. The van der Waals surface area contributed by atoms with Crippen LogP contribution in [0.5, 0.6) is 0 Å². The lowest BCUT2D eigenvalue weighted by Gasteiger charge is -2.21. The van der Waals surface area contributed by atoms with E-state index in [1.165, 1.54) is 30.4 Å². The first-order valence-corrected chi connectivity index (χ1v) is 7.69. The van der Waals surface area contributed by atoms with Gasteiger partial charge in [0, 0.05) is 17.7 Å². The van der Waals surface area contributed by atoms with Crippen LogP contribution in [-0.4, -0.2) is 24.0 Å². The molecule has 1 aliphatic heterocycles. The van der Waals surface area contributed by atoms with Crippen LogP contribution in [0.15, 0.2) is 18.2 Å². The van der Waals surface area contributed by atoms with Gasteiger partial charge in [0.15, 0.2) is 0 Å².